The molecular formula is C13H16ClNO4S. The number of benzene rings is 1. The van der Waals surface area contributed by atoms with Gasteiger partial charge in [0.25, 0.3) is 0 Å². The van der Waals surface area contributed by atoms with Gasteiger partial charge in [0.2, 0.25) is 0 Å². The second-order valence-electron chi connectivity index (χ2n) is 4.90. The Morgan fingerprint density at radius 3 is 2.55 bits per heavy atom. The van der Waals surface area contributed by atoms with Crippen LogP contribution in [0.4, 0.5) is 0 Å². The Morgan fingerprint density at radius 1 is 1.35 bits per heavy atom. The fraction of sp³-hybridized carbons (Fsp3) is 0.462. The molecule has 0 bridgehead atoms. The first-order valence-corrected chi connectivity index (χ1v) is 8.35. The van der Waals surface area contributed by atoms with Crippen molar-refractivity contribution in [3.63, 3.8) is 0 Å². The van der Waals surface area contributed by atoms with Gasteiger partial charge in [-0.25, -0.2) is 8.42 Å². The number of halogens is 1. The number of nitrogens with zero attached hydrogens (tertiary/aromatic N) is 1. The van der Waals surface area contributed by atoms with Gasteiger partial charge in [-0.3, -0.25) is 4.79 Å². The number of hydrogen-bond donors (Lipinski definition) is 1. The van der Waals surface area contributed by atoms with Gasteiger partial charge in [-0.2, -0.15) is 0 Å². The third-order valence-corrected chi connectivity index (χ3v) is 5.43. The van der Waals surface area contributed by atoms with Crippen LogP contribution in [-0.2, 0) is 14.6 Å². The minimum Gasteiger partial charge on any atom is -0.481 e. The number of rotatable bonds is 5. The zero-order valence-electron chi connectivity index (χ0n) is 10.8. The number of carboxylic acid groups (broad SMARTS) is 1. The smallest absolute Gasteiger partial charge is 0.307 e. The summed E-state index contributed by atoms with van der Waals surface area (Å²) in [7, 11) is -3.35. The number of sulfone groups is 1. The van der Waals surface area contributed by atoms with E-state index >= 15 is 0 Å². The molecule has 5 nitrogen and oxygen atoms in total. The standard InChI is InChI=1S/C13H16ClNO4S/c14-11-1-3-12(4-2-11)20(18,19)8-7-15-6-5-10(9-15)13(16)17/h1-4,10H,5-9H2,(H,16,17). The molecule has 0 aliphatic carbocycles. The molecule has 1 N–H and O–H groups in total. The van der Waals surface area contributed by atoms with E-state index in [9.17, 15) is 13.2 Å². The number of aliphatic carboxylic acids is 1. The maximum Gasteiger partial charge on any atom is 0.307 e. The van der Waals surface area contributed by atoms with Crippen LogP contribution in [0.25, 0.3) is 0 Å². The largest absolute Gasteiger partial charge is 0.481 e. The van der Waals surface area contributed by atoms with Crippen LogP contribution < -0.4 is 0 Å². The first kappa shape index (κ1) is 15.3. The number of hydrogen-bond acceptors (Lipinski definition) is 4. The summed E-state index contributed by atoms with van der Waals surface area (Å²) in [5.74, 6) is -1.21. The molecule has 0 spiro atoms. The van der Waals surface area contributed by atoms with Crippen LogP contribution in [0.1, 0.15) is 6.42 Å². The van der Waals surface area contributed by atoms with Crippen molar-refractivity contribution < 1.29 is 18.3 Å². The number of carboxylic acids is 1. The SMILES string of the molecule is O=C(O)C1CCN(CCS(=O)(=O)c2ccc(Cl)cc2)C1. The first-order valence-electron chi connectivity index (χ1n) is 6.32. The van der Waals surface area contributed by atoms with E-state index in [0.717, 1.165) is 0 Å². The summed E-state index contributed by atoms with van der Waals surface area (Å²) in [6.07, 6.45) is 0.580. The Bertz CT molecular complexity index is 585. The molecule has 1 heterocycles. The molecule has 2 rings (SSSR count). The van der Waals surface area contributed by atoms with E-state index in [1.54, 1.807) is 12.1 Å². The van der Waals surface area contributed by atoms with Crippen molar-refractivity contribution in [1.29, 1.82) is 0 Å². The quantitative estimate of drug-likeness (QED) is 0.891. The zero-order chi connectivity index (χ0) is 14.8. The topological polar surface area (TPSA) is 74.7 Å². The van der Waals surface area contributed by atoms with Crippen molar-refractivity contribution >= 4 is 27.4 Å². The molecule has 7 heteroatoms. The minimum atomic E-state index is -3.35. The maximum absolute atomic E-state index is 12.1. The molecule has 110 valence electrons. The van der Waals surface area contributed by atoms with Crippen molar-refractivity contribution in [3.8, 4) is 0 Å². The van der Waals surface area contributed by atoms with Gasteiger partial charge in [-0.15, -0.1) is 0 Å². The predicted octanol–water partition coefficient (Wildman–Crippen LogP) is 1.52. The highest BCUT2D eigenvalue weighted by atomic mass is 35.5. The lowest BCUT2D eigenvalue weighted by Gasteiger charge is -2.15. The average Bonchev–Trinajstić information content (AvgIpc) is 2.86. The highest BCUT2D eigenvalue weighted by molar-refractivity contribution is 7.91. The van der Waals surface area contributed by atoms with Crippen LogP contribution in [0.2, 0.25) is 5.02 Å². The van der Waals surface area contributed by atoms with E-state index in [2.05, 4.69) is 0 Å². The molecule has 1 aliphatic rings. The summed E-state index contributed by atoms with van der Waals surface area (Å²) in [5.41, 5.74) is 0. The van der Waals surface area contributed by atoms with Crippen molar-refractivity contribution in [2.75, 3.05) is 25.4 Å². The summed E-state index contributed by atoms with van der Waals surface area (Å²) in [4.78, 5) is 13.0. The fourth-order valence-electron chi connectivity index (χ4n) is 2.25. The van der Waals surface area contributed by atoms with E-state index in [4.69, 9.17) is 16.7 Å². The van der Waals surface area contributed by atoms with Crippen molar-refractivity contribution in [3.05, 3.63) is 29.3 Å². The lowest BCUT2D eigenvalue weighted by atomic mass is 10.1. The van der Waals surface area contributed by atoms with Crippen LogP contribution in [0.5, 0.6) is 0 Å². The third-order valence-electron chi connectivity index (χ3n) is 3.47. The van der Waals surface area contributed by atoms with Crippen LogP contribution in [0, 0.1) is 5.92 Å². The van der Waals surface area contributed by atoms with Crippen molar-refractivity contribution in [1.82, 2.24) is 4.90 Å². The van der Waals surface area contributed by atoms with Gasteiger partial charge in [0.05, 0.1) is 16.6 Å². The molecule has 1 aromatic rings. The molecule has 1 saturated heterocycles. The molecule has 1 unspecified atom stereocenters. The maximum atomic E-state index is 12.1. The molecule has 1 aromatic carbocycles. The Labute approximate surface area is 123 Å². The van der Waals surface area contributed by atoms with Crippen LogP contribution in [-0.4, -0.2) is 49.8 Å². The second kappa shape index (κ2) is 6.11. The van der Waals surface area contributed by atoms with E-state index in [1.807, 2.05) is 4.90 Å². The molecule has 0 aromatic heterocycles. The molecule has 0 amide bonds. The van der Waals surface area contributed by atoms with Gasteiger partial charge < -0.3 is 10.0 Å². The Morgan fingerprint density at radius 2 is 2.00 bits per heavy atom. The molecule has 0 radical (unpaired) electrons. The van der Waals surface area contributed by atoms with Crippen molar-refractivity contribution in [2.24, 2.45) is 5.92 Å². The Kier molecular flexibility index (Phi) is 4.67. The molecule has 1 atom stereocenters. The highest BCUT2D eigenvalue weighted by Crippen LogP contribution is 2.18. The van der Waals surface area contributed by atoms with E-state index in [0.29, 0.717) is 31.1 Å². The normalized spacial score (nSPS) is 20.1. The fourth-order valence-corrected chi connectivity index (χ4v) is 3.66. The number of carbonyl (C=O) groups is 1. The second-order valence-corrected chi connectivity index (χ2v) is 7.44. The monoisotopic (exact) mass is 317 g/mol. The summed E-state index contributed by atoms with van der Waals surface area (Å²) >= 11 is 5.73. The van der Waals surface area contributed by atoms with Gasteiger partial charge in [0.1, 0.15) is 0 Å². The zero-order valence-corrected chi connectivity index (χ0v) is 12.4. The average molecular weight is 318 g/mol. The summed E-state index contributed by atoms with van der Waals surface area (Å²) in [5, 5.41) is 9.40. The molecule has 20 heavy (non-hydrogen) atoms. The lowest BCUT2D eigenvalue weighted by molar-refractivity contribution is -0.141. The van der Waals surface area contributed by atoms with E-state index in [-0.39, 0.29) is 16.6 Å². The molecule has 1 aliphatic heterocycles. The van der Waals surface area contributed by atoms with Crippen LogP contribution in [0.15, 0.2) is 29.2 Å². The van der Waals surface area contributed by atoms with Gasteiger partial charge >= 0.3 is 5.97 Å². The minimum absolute atomic E-state index is 0.0129. The van der Waals surface area contributed by atoms with Gasteiger partial charge in [0, 0.05) is 18.1 Å². The molecular weight excluding hydrogens is 302 g/mol. The van der Waals surface area contributed by atoms with Gasteiger partial charge in [-0.05, 0) is 37.2 Å². The Hall–Kier alpha value is -1.11. The van der Waals surface area contributed by atoms with Crippen molar-refractivity contribution in [2.45, 2.75) is 11.3 Å². The highest BCUT2D eigenvalue weighted by Gasteiger charge is 2.28. The summed E-state index contributed by atoms with van der Waals surface area (Å²) in [6, 6.07) is 6.07. The third kappa shape index (κ3) is 3.71. The molecule has 1 fully saturated rings. The lowest BCUT2D eigenvalue weighted by Crippen LogP contribution is -2.28. The summed E-state index contributed by atoms with van der Waals surface area (Å²) in [6.45, 7) is 1.41. The Balaban J connectivity index is 1.93. The van der Waals surface area contributed by atoms with Gasteiger partial charge in [-0.1, -0.05) is 11.6 Å². The van der Waals surface area contributed by atoms with E-state index in [1.165, 1.54) is 12.1 Å². The van der Waals surface area contributed by atoms with E-state index < -0.39 is 15.8 Å². The number of likely N-dealkylation sites (tertiary alicyclic amines) is 1. The van der Waals surface area contributed by atoms with Crippen LogP contribution >= 0.6 is 11.6 Å². The predicted molar refractivity (Wildman–Crippen MR) is 75.7 cm³/mol. The van der Waals surface area contributed by atoms with Crippen LogP contribution in [0.3, 0.4) is 0 Å². The molecule has 0 saturated carbocycles. The van der Waals surface area contributed by atoms with Gasteiger partial charge in [0.15, 0.2) is 9.84 Å². The first-order chi connectivity index (χ1) is 9.38. The summed E-state index contributed by atoms with van der Waals surface area (Å²) < 4.78 is 24.3.